The van der Waals surface area contributed by atoms with E-state index in [0.29, 0.717) is 0 Å². The monoisotopic (exact) mass is 558 g/mol. The summed E-state index contributed by atoms with van der Waals surface area (Å²) in [7, 11) is 1.81. The van der Waals surface area contributed by atoms with E-state index < -0.39 is 0 Å². The molecule has 176 valence electrons. The number of nitrogens with one attached hydrogen (secondary N) is 2. The smallest absolute Gasteiger partial charge is 0.191 e. The minimum atomic E-state index is 0. The molecule has 3 aromatic rings. The molecule has 0 bridgehead atoms. The highest BCUT2D eigenvalue weighted by Crippen LogP contribution is 2.13. The van der Waals surface area contributed by atoms with Crippen LogP contribution in [-0.4, -0.2) is 47.1 Å². The summed E-state index contributed by atoms with van der Waals surface area (Å²) in [5.41, 5.74) is 3.93. The topological polar surface area (TPSA) is 57.5 Å². The predicted molar refractivity (Wildman–Crippen MR) is 146 cm³/mol. The van der Waals surface area contributed by atoms with Crippen LogP contribution in [0, 0.1) is 0 Å². The van der Waals surface area contributed by atoms with E-state index >= 15 is 0 Å². The van der Waals surface area contributed by atoms with Crippen LogP contribution >= 0.6 is 24.0 Å². The number of aliphatic imine (C=N–C) groups is 1. The molecule has 7 heteroatoms. The van der Waals surface area contributed by atoms with Crippen LogP contribution in [0.2, 0.25) is 0 Å². The van der Waals surface area contributed by atoms with Gasteiger partial charge in [0.1, 0.15) is 5.82 Å². The van der Waals surface area contributed by atoms with Crippen molar-refractivity contribution < 1.29 is 0 Å². The number of likely N-dealkylation sites (tertiary alicyclic amines) is 1. The first-order valence-corrected chi connectivity index (χ1v) is 11.6. The van der Waals surface area contributed by atoms with Crippen LogP contribution < -0.4 is 10.6 Å². The van der Waals surface area contributed by atoms with Crippen molar-refractivity contribution in [2.24, 2.45) is 4.99 Å². The molecule has 1 aliphatic rings. The van der Waals surface area contributed by atoms with Crippen LogP contribution in [0.3, 0.4) is 0 Å². The number of hydrogen-bond acceptors (Lipinski definition) is 3. The second-order valence-electron chi connectivity index (χ2n) is 8.36. The van der Waals surface area contributed by atoms with Gasteiger partial charge in [0.05, 0.1) is 0 Å². The van der Waals surface area contributed by atoms with Gasteiger partial charge in [0, 0.05) is 52.0 Å². The summed E-state index contributed by atoms with van der Waals surface area (Å²) in [6, 6.07) is 19.4. The third-order valence-corrected chi connectivity index (χ3v) is 5.95. The molecule has 6 nitrogen and oxygen atoms in total. The van der Waals surface area contributed by atoms with Crippen LogP contribution in [0.4, 0.5) is 0 Å². The van der Waals surface area contributed by atoms with Crippen molar-refractivity contribution in [3.05, 3.63) is 89.5 Å². The van der Waals surface area contributed by atoms with Gasteiger partial charge in [-0.3, -0.25) is 9.89 Å². The van der Waals surface area contributed by atoms with Crippen molar-refractivity contribution in [3.63, 3.8) is 0 Å². The van der Waals surface area contributed by atoms with E-state index in [2.05, 4.69) is 78.6 Å². The lowest BCUT2D eigenvalue weighted by Gasteiger charge is -2.15. The predicted octanol–water partition coefficient (Wildman–Crippen LogP) is 4.05. The number of hydrogen-bond donors (Lipinski definition) is 2. The van der Waals surface area contributed by atoms with Crippen LogP contribution in [0.25, 0.3) is 0 Å². The summed E-state index contributed by atoms with van der Waals surface area (Å²) >= 11 is 0. The summed E-state index contributed by atoms with van der Waals surface area (Å²) in [5.74, 6) is 1.89. The number of halogens is 1. The van der Waals surface area contributed by atoms with E-state index in [1.54, 1.807) is 0 Å². The van der Waals surface area contributed by atoms with E-state index in [0.717, 1.165) is 44.4 Å². The number of benzene rings is 2. The molecule has 1 aliphatic heterocycles. The van der Waals surface area contributed by atoms with Gasteiger partial charge in [0.15, 0.2) is 5.96 Å². The Morgan fingerprint density at radius 2 is 1.61 bits per heavy atom. The SMILES string of the molecule is CN=C(NCCc1nccn1Cc1ccccc1)NCc1ccc(CN2CCCC2)cc1.I. The summed E-state index contributed by atoms with van der Waals surface area (Å²) in [6.07, 6.45) is 7.43. The molecule has 0 atom stereocenters. The zero-order valence-corrected chi connectivity index (χ0v) is 21.7. The van der Waals surface area contributed by atoms with Gasteiger partial charge in [0.2, 0.25) is 0 Å². The van der Waals surface area contributed by atoms with Crippen molar-refractivity contribution in [1.29, 1.82) is 0 Å². The van der Waals surface area contributed by atoms with Crippen LogP contribution in [0.5, 0.6) is 0 Å². The van der Waals surface area contributed by atoms with Gasteiger partial charge >= 0.3 is 0 Å². The molecule has 1 aromatic heterocycles. The Hall–Kier alpha value is -2.39. The van der Waals surface area contributed by atoms with Gasteiger partial charge in [-0.15, -0.1) is 24.0 Å². The molecule has 0 amide bonds. The fourth-order valence-electron chi connectivity index (χ4n) is 4.15. The lowest BCUT2D eigenvalue weighted by Crippen LogP contribution is -2.38. The van der Waals surface area contributed by atoms with Crippen molar-refractivity contribution >= 4 is 29.9 Å². The lowest BCUT2D eigenvalue weighted by atomic mass is 10.1. The lowest BCUT2D eigenvalue weighted by molar-refractivity contribution is 0.331. The number of rotatable bonds is 9. The maximum absolute atomic E-state index is 4.53. The second-order valence-corrected chi connectivity index (χ2v) is 8.36. The van der Waals surface area contributed by atoms with Gasteiger partial charge < -0.3 is 15.2 Å². The molecule has 2 N–H and O–H groups in total. The van der Waals surface area contributed by atoms with Crippen molar-refractivity contribution in [2.45, 2.75) is 38.9 Å². The van der Waals surface area contributed by atoms with Crippen molar-refractivity contribution in [3.8, 4) is 0 Å². The zero-order chi connectivity index (χ0) is 22.0. The molecule has 0 radical (unpaired) electrons. The summed E-state index contributed by atoms with van der Waals surface area (Å²) in [6.45, 7) is 5.91. The summed E-state index contributed by atoms with van der Waals surface area (Å²) < 4.78 is 2.21. The maximum atomic E-state index is 4.53. The van der Waals surface area contributed by atoms with Gasteiger partial charge in [-0.2, -0.15) is 0 Å². The number of imidazole rings is 1. The van der Waals surface area contributed by atoms with E-state index in [9.17, 15) is 0 Å². The Morgan fingerprint density at radius 1 is 0.909 bits per heavy atom. The first kappa shape index (κ1) is 25.2. The molecule has 0 aliphatic carbocycles. The number of nitrogens with zero attached hydrogens (tertiary/aromatic N) is 4. The fourth-order valence-corrected chi connectivity index (χ4v) is 4.15. The normalized spacial score (nSPS) is 14.2. The highest BCUT2D eigenvalue weighted by atomic mass is 127. The van der Waals surface area contributed by atoms with Crippen LogP contribution in [0.1, 0.15) is 35.4 Å². The highest BCUT2D eigenvalue weighted by molar-refractivity contribution is 14.0. The van der Waals surface area contributed by atoms with Gasteiger partial charge in [-0.05, 0) is 42.6 Å². The Morgan fingerprint density at radius 3 is 2.33 bits per heavy atom. The minimum Gasteiger partial charge on any atom is -0.356 e. The van der Waals surface area contributed by atoms with Gasteiger partial charge in [-0.25, -0.2) is 4.98 Å². The molecule has 0 saturated carbocycles. The second kappa shape index (κ2) is 13.3. The number of guanidine groups is 1. The standard InChI is InChI=1S/C26H34N6.HI/c1-27-26(30-19-22-9-11-24(12-10-22)20-31-16-5-6-17-31)29-14-13-25-28-15-18-32(25)21-23-7-3-2-4-8-23;/h2-4,7-12,15,18H,5-6,13-14,16-17,19-21H2,1H3,(H2,27,29,30);1H. The third kappa shape index (κ3) is 7.85. The molecule has 2 aromatic carbocycles. The molecular formula is C26H35IN6. The molecule has 1 saturated heterocycles. The zero-order valence-electron chi connectivity index (χ0n) is 19.4. The Labute approximate surface area is 214 Å². The van der Waals surface area contributed by atoms with Crippen LogP contribution in [-0.2, 0) is 26.1 Å². The van der Waals surface area contributed by atoms with Gasteiger partial charge in [-0.1, -0.05) is 54.6 Å². The molecule has 0 spiro atoms. The quantitative estimate of drug-likeness (QED) is 0.237. The Balaban J connectivity index is 0.00000306. The van der Waals surface area contributed by atoms with E-state index in [1.807, 2.05) is 25.5 Å². The molecule has 33 heavy (non-hydrogen) atoms. The first-order chi connectivity index (χ1) is 15.8. The average Bonchev–Trinajstić information content (AvgIpc) is 3.50. The summed E-state index contributed by atoms with van der Waals surface area (Å²) in [5, 5.41) is 6.82. The molecule has 1 fully saturated rings. The molecule has 2 heterocycles. The minimum absolute atomic E-state index is 0. The van der Waals surface area contributed by atoms with E-state index in [-0.39, 0.29) is 24.0 Å². The molecule has 0 unspecified atom stereocenters. The van der Waals surface area contributed by atoms with Crippen LogP contribution in [0.15, 0.2) is 72.0 Å². The van der Waals surface area contributed by atoms with Crippen molar-refractivity contribution in [2.75, 3.05) is 26.7 Å². The van der Waals surface area contributed by atoms with Crippen molar-refractivity contribution in [1.82, 2.24) is 25.1 Å². The Bertz CT molecular complexity index is 978. The van der Waals surface area contributed by atoms with Gasteiger partial charge in [0.25, 0.3) is 0 Å². The number of aromatic nitrogens is 2. The average molecular weight is 559 g/mol. The fraction of sp³-hybridized carbons (Fsp3) is 0.385. The van der Waals surface area contributed by atoms with E-state index in [4.69, 9.17) is 0 Å². The largest absolute Gasteiger partial charge is 0.356 e. The Kier molecular flexibility index (Phi) is 10.2. The molecule has 4 rings (SSSR count). The third-order valence-electron chi connectivity index (χ3n) is 5.95. The first-order valence-electron chi connectivity index (χ1n) is 11.6. The molecular weight excluding hydrogens is 523 g/mol. The van der Waals surface area contributed by atoms with E-state index in [1.165, 1.54) is 42.6 Å². The highest BCUT2D eigenvalue weighted by Gasteiger charge is 2.11. The summed E-state index contributed by atoms with van der Waals surface area (Å²) in [4.78, 5) is 11.4. The maximum Gasteiger partial charge on any atom is 0.191 e.